The molecule has 0 unspecified atom stereocenters. The molecule has 1 aromatic rings. The van der Waals surface area contributed by atoms with Crippen molar-refractivity contribution in [2.45, 2.75) is 18.4 Å². The van der Waals surface area contributed by atoms with E-state index in [0.29, 0.717) is 0 Å². The van der Waals surface area contributed by atoms with Gasteiger partial charge in [0.2, 0.25) is 0 Å². The van der Waals surface area contributed by atoms with Crippen LogP contribution in [0.5, 0.6) is 0 Å². The fourth-order valence-corrected chi connectivity index (χ4v) is 1.03. The average Bonchev–Trinajstić information content (AvgIpc) is 2.45. The maximum absolute atomic E-state index is 9.54. The normalized spacial score (nSPS) is 21.0. The summed E-state index contributed by atoms with van der Waals surface area (Å²) < 4.78 is 1.85. The summed E-state index contributed by atoms with van der Waals surface area (Å²) in [5.41, 5.74) is 0.247. The molecule has 0 aliphatic heterocycles. The summed E-state index contributed by atoms with van der Waals surface area (Å²) in [5, 5.41) is 9.54. The molecular formula is C7H10N2O. The molecule has 10 heavy (non-hydrogen) atoms. The van der Waals surface area contributed by atoms with Gasteiger partial charge in [0.15, 0.2) is 0 Å². The molecule has 2 rings (SSSR count). The number of hydrogen-bond donors (Lipinski definition) is 1. The van der Waals surface area contributed by atoms with Gasteiger partial charge in [-0.25, -0.2) is 4.98 Å². The van der Waals surface area contributed by atoms with Gasteiger partial charge in [0.05, 0.1) is 12.0 Å². The van der Waals surface area contributed by atoms with Crippen LogP contribution >= 0.6 is 0 Å². The summed E-state index contributed by atoms with van der Waals surface area (Å²) in [7, 11) is 1.90. The number of imidazole rings is 1. The van der Waals surface area contributed by atoms with E-state index in [2.05, 4.69) is 4.98 Å². The third kappa shape index (κ3) is 0.743. The molecule has 54 valence electrons. The van der Waals surface area contributed by atoms with Crippen LogP contribution in [0, 0.1) is 0 Å². The van der Waals surface area contributed by atoms with Gasteiger partial charge in [-0.2, -0.15) is 0 Å². The predicted octanol–water partition coefficient (Wildman–Crippen LogP) is 0.401. The average molecular weight is 138 g/mol. The minimum absolute atomic E-state index is 0.568. The van der Waals surface area contributed by atoms with Crippen LogP contribution < -0.4 is 0 Å². The van der Waals surface area contributed by atoms with Gasteiger partial charge in [-0.1, -0.05) is 0 Å². The van der Waals surface area contributed by atoms with E-state index in [-0.39, 0.29) is 0 Å². The third-order valence-corrected chi connectivity index (χ3v) is 1.91. The van der Waals surface area contributed by atoms with Crippen LogP contribution in [0.1, 0.15) is 18.5 Å². The van der Waals surface area contributed by atoms with Crippen LogP contribution in [-0.4, -0.2) is 14.7 Å². The predicted molar refractivity (Wildman–Crippen MR) is 36.3 cm³/mol. The molecule has 0 saturated heterocycles. The summed E-state index contributed by atoms with van der Waals surface area (Å²) in [6, 6.07) is 0. The zero-order chi connectivity index (χ0) is 7.19. The Hall–Kier alpha value is -0.830. The van der Waals surface area contributed by atoms with Gasteiger partial charge in [-0.05, 0) is 12.8 Å². The van der Waals surface area contributed by atoms with E-state index >= 15 is 0 Å². The second-order valence-corrected chi connectivity index (χ2v) is 2.96. The van der Waals surface area contributed by atoms with E-state index < -0.39 is 5.60 Å². The summed E-state index contributed by atoms with van der Waals surface area (Å²) in [5.74, 6) is 0. The van der Waals surface area contributed by atoms with Crippen molar-refractivity contribution in [3.63, 3.8) is 0 Å². The Balaban J connectivity index is 2.34. The topological polar surface area (TPSA) is 38.0 Å². The summed E-state index contributed by atoms with van der Waals surface area (Å²) in [6.45, 7) is 0. The van der Waals surface area contributed by atoms with Crippen molar-refractivity contribution in [1.29, 1.82) is 0 Å². The van der Waals surface area contributed by atoms with Gasteiger partial charge in [0.1, 0.15) is 5.60 Å². The highest BCUT2D eigenvalue weighted by Crippen LogP contribution is 2.43. The van der Waals surface area contributed by atoms with Gasteiger partial charge in [0.25, 0.3) is 0 Å². The number of rotatable bonds is 1. The van der Waals surface area contributed by atoms with Crippen LogP contribution in [-0.2, 0) is 12.6 Å². The summed E-state index contributed by atoms with van der Waals surface area (Å²) in [6.07, 6.45) is 5.31. The molecule has 0 spiro atoms. The maximum atomic E-state index is 9.54. The zero-order valence-electron chi connectivity index (χ0n) is 5.91. The van der Waals surface area contributed by atoms with Crippen molar-refractivity contribution in [3.05, 3.63) is 18.2 Å². The Morgan fingerprint density at radius 2 is 2.40 bits per heavy atom. The first-order chi connectivity index (χ1) is 4.71. The Kier molecular flexibility index (Phi) is 0.951. The summed E-state index contributed by atoms with van der Waals surface area (Å²) >= 11 is 0. The Morgan fingerprint density at radius 3 is 2.80 bits per heavy atom. The minimum Gasteiger partial charge on any atom is -0.383 e. The molecule has 0 radical (unpaired) electrons. The molecule has 0 amide bonds. The first-order valence-electron chi connectivity index (χ1n) is 3.41. The maximum Gasteiger partial charge on any atom is 0.108 e. The fraction of sp³-hybridized carbons (Fsp3) is 0.571. The number of hydrogen-bond acceptors (Lipinski definition) is 2. The van der Waals surface area contributed by atoms with Crippen molar-refractivity contribution in [3.8, 4) is 0 Å². The molecule has 1 heterocycles. The zero-order valence-corrected chi connectivity index (χ0v) is 5.91. The quantitative estimate of drug-likeness (QED) is 0.610. The lowest BCUT2D eigenvalue weighted by Gasteiger charge is -1.99. The fourth-order valence-electron chi connectivity index (χ4n) is 1.03. The van der Waals surface area contributed by atoms with Crippen LogP contribution in [0.3, 0.4) is 0 Å². The van der Waals surface area contributed by atoms with Crippen molar-refractivity contribution in [1.82, 2.24) is 9.55 Å². The standard InChI is InChI=1S/C7H10N2O/c1-9-4-6(8-5-9)7(10)2-3-7/h4-5,10H,2-3H2,1H3. The lowest BCUT2D eigenvalue weighted by atomic mass is 10.2. The lowest BCUT2D eigenvalue weighted by molar-refractivity contribution is 0.147. The Labute approximate surface area is 59.3 Å². The minimum atomic E-state index is -0.568. The van der Waals surface area contributed by atoms with Gasteiger partial charge in [-0.3, -0.25) is 0 Å². The van der Waals surface area contributed by atoms with Gasteiger partial charge in [-0.15, -0.1) is 0 Å². The van der Waals surface area contributed by atoms with Crippen molar-refractivity contribution < 1.29 is 5.11 Å². The Bertz CT molecular complexity index is 250. The second-order valence-electron chi connectivity index (χ2n) is 2.96. The van der Waals surface area contributed by atoms with Gasteiger partial charge in [0, 0.05) is 13.2 Å². The first-order valence-corrected chi connectivity index (χ1v) is 3.41. The van der Waals surface area contributed by atoms with E-state index in [4.69, 9.17) is 0 Å². The monoisotopic (exact) mass is 138 g/mol. The molecule has 3 nitrogen and oxygen atoms in total. The van der Waals surface area contributed by atoms with Crippen LogP contribution in [0.25, 0.3) is 0 Å². The molecule has 0 aromatic carbocycles. The van der Waals surface area contributed by atoms with Crippen LogP contribution in [0.15, 0.2) is 12.5 Å². The van der Waals surface area contributed by atoms with Crippen molar-refractivity contribution >= 4 is 0 Å². The van der Waals surface area contributed by atoms with E-state index in [1.54, 1.807) is 6.33 Å². The molecule has 0 atom stereocenters. The smallest absolute Gasteiger partial charge is 0.108 e. The van der Waals surface area contributed by atoms with Crippen LogP contribution in [0.2, 0.25) is 0 Å². The number of aryl methyl sites for hydroxylation is 1. The van der Waals surface area contributed by atoms with E-state index in [1.165, 1.54) is 0 Å². The molecular weight excluding hydrogens is 128 g/mol. The lowest BCUT2D eigenvalue weighted by Crippen LogP contribution is -2.03. The van der Waals surface area contributed by atoms with Crippen molar-refractivity contribution in [2.75, 3.05) is 0 Å². The number of aliphatic hydroxyl groups is 1. The molecule has 1 N–H and O–H groups in total. The molecule has 1 aliphatic carbocycles. The highest BCUT2D eigenvalue weighted by atomic mass is 16.3. The van der Waals surface area contributed by atoms with Gasteiger partial charge < -0.3 is 9.67 Å². The Morgan fingerprint density at radius 1 is 1.70 bits per heavy atom. The first kappa shape index (κ1) is 5.92. The van der Waals surface area contributed by atoms with E-state index in [0.717, 1.165) is 18.5 Å². The molecule has 1 aliphatic rings. The molecule has 3 heteroatoms. The molecule has 1 fully saturated rings. The van der Waals surface area contributed by atoms with Gasteiger partial charge >= 0.3 is 0 Å². The largest absolute Gasteiger partial charge is 0.383 e. The van der Waals surface area contributed by atoms with E-state index in [9.17, 15) is 5.11 Å². The SMILES string of the molecule is Cn1cnc(C2(O)CC2)c1. The molecule has 1 aromatic heterocycles. The second kappa shape index (κ2) is 1.61. The van der Waals surface area contributed by atoms with Crippen molar-refractivity contribution in [2.24, 2.45) is 7.05 Å². The number of aromatic nitrogens is 2. The highest BCUT2D eigenvalue weighted by Gasteiger charge is 2.43. The third-order valence-electron chi connectivity index (χ3n) is 1.91. The molecule has 0 bridgehead atoms. The molecule has 1 saturated carbocycles. The van der Waals surface area contributed by atoms with E-state index in [1.807, 2.05) is 17.8 Å². The van der Waals surface area contributed by atoms with Crippen LogP contribution in [0.4, 0.5) is 0 Å². The highest BCUT2D eigenvalue weighted by molar-refractivity contribution is 5.16. The summed E-state index contributed by atoms with van der Waals surface area (Å²) in [4.78, 5) is 4.06. The number of nitrogens with zero attached hydrogens (tertiary/aromatic N) is 2.